The Kier molecular flexibility index (Phi) is 3.70. The zero-order chi connectivity index (χ0) is 13.8. The van der Waals surface area contributed by atoms with E-state index in [0.717, 1.165) is 0 Å². The fourth-order valence-electron chi connectivity index (χ4n) is 1.59. The third-order valence-electron chi connectivity index (χ3n) is 2.49. The topological polar surface area (TPSA) is 75.1 Å². The van der Waals surface area contributed by atoms with Crippen molar-refractivity contribution in [2.75, 3.05) is 5.32 Å². The molecule has 0 spiro atoms. The van der Waals surface area contributed by atoms with Crippen LogP contribution in [0.4, 0.5) is 10.2 Å². The molecule has 2 aromatic rings. The molecule has 1 aromatic heterocycles. The maximum atomic E-state index is 13.0. The van der Waals surface area contributed by atoms with Crippen molar-refractivity contribution in [1.29, 1.82) is 0 Å². The highest BCUT2D eigenvalue weighted by Gasteiger charge is 2.12. The van der Waals surface area contributed by atoms with Crippen molar-refractivity contribution in [1.82, 2.24) is 9.97 Å². The summed E-state index contributed by atoms with van der Waals surface area (Å²) < 4.78 is 13.0. The number of rotatable bonds is 4. The van der Waals surface area contributed by atoms with Crippen molar-refractivity contribution in [2.24, 2.45) is 0 Å². The number of benzene rings is 1. The predicted octanol–water partition coefficient (Wildman–Crippen LogP) is 2.23. The summed E-state index contributed by atoms with van der Waals surface area (Å²) in [5, 5.41) is 11.9. The van der Waals surface area contributed by atoms with Gasteiger partial charge in [0, 0.05) is 12.7 Å². The van der Waals surface area contributed by atoms with Gasteiger partial charge in [0.15, 0.2) is 0 Å². The van der Waals surface area contributed by atoms with Crippen LogP contribution in [0.15, 0.2) is 30.5 Å². The number of hydrogen-bond acceptors (Lipinski definition) is 4. The van der Waals surface area contributed by atoms with Crippen molar-refractivity contribution >= 4 is 11.8 Å². The lowest BCUT2D eigenvalue weighted by atomic mass is 10.2. The van der Waals surface area contributed by atoms with E-state index in [1.54, 1.807) is 19.1 Å². The molecular weight excluding hydrogens is 249 g/mol. The second-order valence-corrected chi connectivity index (χ2v) is 3.97. The van der Waals surface area contributed by atoms with Gasteiger partial charge in [-0.2, -0.15) is 0 Å². The Morgan fingerprint density at radius 2 is 2.26 bits per heavy atom. The van der Waals surface area contributed by atoms with Crippen LogP contribution in [-0.2, 0) is 6.54 Å². The maximum absolute atomic E-state index is 13.0. The summed E-state index contributed by atoms with van der Waals surface area (Å²) in [7, 11) is 0. The van der Waals surface area contributed by atoms with Crippen LogP contribution in [0.25, 0.3) is 0 Å². The molecule has 5 nitrogen and oxygen atoms in total. The van der Waals surface area contributed by atoms with Gasteiger partial charge in [0.1, 0.15) is 23.0 Å². The van der Waals surface area contributed by atoms with E-state index < -0.39 is 5.97 Å². The van der Waals surface area contributed by atoms with Crippen LogP contribution in [0.3, 0.4) is 0 Å². The summed E-state index contributed by atoms with van der Waals surface area (Å²) in [6.07, 6.45) is 1.25. The van der Waals surface area contributed by atoms with Gasteiger partial charge in [-0.05, 0) is 24.6 Å². The van der Waals surface area contributed by atoms with E-state index in [0.29, 0.717) is 11.4 Å². The highest BCUT2D eigenvalue weighted by Crippen LogP contribution is 2.13. The smallest absolute Gasteiger partial charge is 0.341 e. The van der Waals surface area contributed by atoms with Gasteiger partial charge < -0.3 is 10.4 Å². The van der Waals surface area contributed by atoms with Gasteiger partial charge in [-0.1, -0.05) is 12.1 Å². The molecule has 98 valence electrons. The summed E-state index contributed by atoms with van der Waals surface area (Å²) in [6, 6.07) is 6.06. The number of anilines is 1. The standard InChI is InChI=1S/C13H12FN3O2/c1-8-15-7-11(13(18)19)12(17-8)16-6-9-3-2-4-10(14)5-9/h2-5,7H,6H2,1H3,(H,18,19)(H,15,16,17). The molecule has 0 bridgehead atoms. The van der Waals surface area contributed by atoms with Crippen molar-refractivity contribution in [3.05, 3.63) is 53.2 Å². The van der Waals surface area contributed by atoms with Gasteiger partial charge >= 0.3 is 5.97 Å². The van der Waals surface area contributed by atoms with Crippen LogP contribution in [-0.4, -0.2) is 21.0 Å². The highest BCUT2D eigenvalue weighted by atomic mass is 19.1. The number of aromatic nitrogens is 2. The Hall–Kier alpha value is -2.50. The molecule has 0 aliphatic carbocycles. The third kappa shape index (κ3) is 3.25. The van der Waals surface area contributed by atoms with Crippen LogP contribution in [0.5, 0.6) is 0 Å². The average molecular weight is 261 g/mol. The second-order valence-electron chi connectivity index (χ2n) is 3.97. The minimum atomic E-state index is -1.11. The molecule has 6 heteroatoms. The van der Waals surface area contributed by atoms with Crippen LogP contribution in [0.1, 0.15) is 21.7 Å². The van der Waals surface area contributed by atoms with Crippen LogP contribution < -0.4 is 5.32 Å². The fraction of sp³-hybridized carbons (Fsp3) is 0.154. The van der Waals surface area contributed by atoms with E-state index in [2.05, 4.69) is 15.3 Å². The van der Waals surface area contributed by atoms with Crippen molar-refractivity contribution in [3.8, 4) is 0 Å². The maximum Gasteiger partial charge on any atom is 0.341 e. The number of carbonyl (C=O) groups is 1. The van der Waals surface area contributed by atoms with E-state index in [9.17, 15) is 9.18 Å². The molecule has 2 rings (SSSR count). The van der Waals surface area contributed by atoms with Crippen molar-refractivity contribution in [3.63, 3.8) is 0 Å². The lowest BCUT2D eigenvalue weighted by Gasteiger charge is -2.09. The van der Waals surface area contributed by atoms with Crippen molar-refractivity contribution in [2.45, 2.75) is 13.5 Å². The van der Waals surface area contributed by atoms with Gasteiger partial charge in [0.25, 0.3) is 0 Å². The zero-order valence-corrected chi connectivity index (χ0v) is 10.2. The van der Waals surface area contributed by atoms with E-state index in [4.69, 9.17) is 5.11 Å². The minimum Gasteiger partial charge on any atom is -0.477 e. The number of aryl methyl sites for hydroxylation is 1. The minimum absolute atomic E-state index is 0.0120. The Labute approximate surface area is 109 Å². The lowest BCUT2D eigenvalue weighted by molar-refractivity contribution is 0.0697. The largest absolute Gasteiger partial charge is 0.477 e. The molecule has 0 saturated heterocycles. The number of nitrogens with zero attached hydrogens (tertiary/aromatic N) is 2. The van der Waals surface area contributed by atoms with Gasteiger partial charge in [0.2, 0.25) is 0 Å². The number of carboxylic acids is 1. The molecule has 0 unspecified atom stereocenters. The Balaban J connectivity index is 2.19. The van der Waals surface area contributed by atoms with Crippen LogP contribution >= 0.6 is 0 Å². The molecule has 0 atom stereocenters. The molecule has 0 saturated carbocycles. The number of hydrogen-bond donors (Lipinski definition) is 2. The first kappa shape index (κ1) is 12.9. The summed E-state index contributed by atoms with van der Waals surface area (Å²) in [5.74, 6) is -0.755. The first-order valence-electron chi connectivity index (χ1n) is 5.61. The lowest BCUT2D eigenvalue weighted by Crippen LogP contribution is -2.10. The first-order chi connectivity index (χ1) is 9.06. The Bertz CT molecular complexity index is 617. The average Bonchev–Trinajstić information content (AvgIpc) is 2.36. The number of carboxylic acid groups (broad SMARTS) is 1. The Morgan fingerprint density at radius 1 is 1.47 bits per heavy atom. The highest BCUT2D eigenvalue weighted by molar-refractivity contribution is 5.92. The summed E-state index contributed by atoms with van der Waals surface area (Å²) >= 11 is 0. The number of halogens is 1. The summed E-state index contributed by atoms with van der Waals surface area (Å²) in [5.41, 5.74) is 0.689. The molecule has 0 aliphatic rings. The summed E-state index contributed by atoms with van der Waals surface area (Å²) in [4.78, 5) is 18.9. The van der Waals surface area contributed by atoms with Gasteiger partial charge in [-0.3, -0.25) is 0 Å². The molecule has 1 aromatic carbocycles. The van der Waals surface area contributed by atoms with E-state index >= 15 is 0 Å². The van der Waals surface area contributed by atoms with Gasteiger partial charge in [0.05, 0.1) is 0 Å². The third-order valence-corrected chi connectivity index (χ3v) is 2.49. The summed E-state index contributed by atoms with van der Waals surface area (Å²) in [6.45, 7) is 1.95. The zero-order valence-electron chi connectivity index (χ0n) is 10.2. The van der Waals surface area contributed by atoms with Crippen molar-refractivity contribution < 1.29 is 14.3 Å². The van der Waals surface area contributed by atoms with Crippen LogP contribution in [0, 0.1) is 12.7 Å². The molecule has 2 N–H and O–H groups in total. The van der Waals surface area contributed by atoms with E-state index in [-0.39, 0.29) is 23.7 Å². The molecule has 0 amide bonds. The molecule has 0 aliphatic heterocycles. The van der Waals surface area contributed by atoms with E-state index in [1.165, 1.54) is 18.3 Å². The molecule has 0 fully saturated rings. The predicted molar refractivity (Wildman–Crippen MR) is 67.5 cm³/mol. The van der Waals surface area contributed by atoms with E-state index in [1.807, 2.05) is 0 Å². The monoisotopic (exact) mass is 261 g/mol. The van der Waals surface area contributed by atoms with Crippen LogP contribution in [0.2, 0.25) is 0 Å². The normalized spacial score (nSPS) is 10.2. The SMILES string of the molecule is Cc1ncc(C(=O)O)c(NCc2cccc(F)c2)n1. The Morgan fingerprint density at radius 3 is 2.95 bits per heavy atom. The molecule has 0 radical (unpaired) electrons. The number of nitrogens with one attached hydrogen (secondary N) is 1. The molecule has 19 heavy (non-hydrogen) atoms. The van der Waals surface area contributed by atoms with Gasteiger partial charge in [-0.15, -0.1) is 0 Å². The second kappa shape index (κ2) is 5.43. The molecular formula is C13H12FN3O2. The first-order valence-corrected chi connectivity index (χ1v) is 5.61. The fourth-order valence-corrected chi connectivity index (χ4v) is 1.59. The van der Waals surface area contributed by atoms with Gasteiger partial charge in [-0.25, -0.2) is 19.2 Å². The number of aromatic carboxylic acids is 1. The molecule has 1 heterocycles. The quantitative estimate of drug-likeness (QED) is 0.882.